The van der Waals surface area contributed by atoms with Crippen molar-refractivity contribution >= 4 is 22.4 Å². The van der Waals surface area contributed by atoms with E-state index in [1.807, 2.05) is 84.9 Å². The van der Waals surface area contributed by atoms with Crippen LogP contribution in [0.2, 0.25) is 0 Å². The summed E-state index contributed by atoms with van der Waals surface area (Å²) in [4.78, 5) is 19.0. The van der Waals surface area contributed by atoms with Crippen molar-refractivity contribution in [3.63, 3.8) is 0 Å². The summed E-state index contributed by atoms with van der Waals surface area (Å²) < 4.78 is 13.2. The van der Waals surface area contributed by atoms with E-state index in [-0.39, 0.29) is 12.4 Å². The molecule has 0 saturated heterocycles. The van der Waals surface area contributed by atoms with Gasteiger partial charge in [-0.15, -0.1) is 0 Å². The Bertz CT molecular complexity index is 1520. The first kappa shape index (κ1) is 17.9. The molecule has 0 bridgehead atoms. The van der Waals surface area contributed by atoms with Crippen LogP contribution in [0.4, 0.5) is 0 Å². The van der Waals surface area contributed by atoms with Crippen LogP contribution in [-0.4, -0.2) is 16.2 Å². The second-order valence-electron chi connectivity index (χ2n) is 7.19. The van der Waals surface area contributed by atoms with Crippen molar-refractivity contribution in [2.24, 2.45) is 0 Å². The van der Waals surface area contributed by atoms with Gasteiger partial charge in [0.25, 0.3) is 5.56 Å². The fourth-order valence-electron chi connectivity index (χ4n) is 3.81. The van der Waals surface area contributed by atoms with Gasteiger partial charge in [-0.25, -0.2) is 9.38 Å². The Morgan fingerprint density at radius 3 is 2.35 bits per heavy atom. The highest BCUT2D eigenvalue weighted by molar-refractivity contribution is 7.15. The highest BCUT2D eigenvalue weighted by atomic mass is 32.1. The summed E-state index contributed by atoms with van der Waals surface area (Å²) in [5, 5.41) is 0. The molecule has 6 rings (SSSR count). The smallest absolute Gasteiger partial charge is 0.274 e. The quantitative estimate of drug-likeness (QED) is 0.432. The molecule has 0 atom stereocenters. The predicted molar refractivity (Wildman–Crippen MR) is 122 cm³/mol. The molecule has 0 spiro atoms. The van der Waals surface area contributed by atoms with Gasteiger partial charge < -0.3 is 9.47 Å². The van der Waals surface area contributed by atoms with E-state index in [4.69, 9.17) is 14.5 Å². The summed E-state index contributed by atoms with van der Waals surface area (Å²) in [6.45, 7) is 0.223. The zero-order chi connectivity index (χ0) is 20.8. The minimum atomic E-state index is -0.0776. The van der Waals surface area contributed by atoms with Gasteiger partial charge in [0.1, 0.15) is 0 Å². The third-order valence-corrected chi connectivity index (χ3v) is 6.22. The van der Waals surface area contributed by atoms with Gasteiger partial charge in [0.2, 0.25) is 6.79 Å². The first-order valence-electron chi connectivity index (χ1n) is 9.85. The minimum Gasteiger partial charge on any atom is -0.454 e. The second-order valence-corrected chi connectivity index (χ2v) is 8.20. The summed E-state index contributed by atoms with van der Waals surface area (Å²) >= 11 is 1.39. The zero-order valence-electron chi connectivity index (χ0n) is 16.3. The van der Waals surface area contributed by atoms with Gasteiger partial charge in [0.05, 0.1) is 15.9 Å². The molecule has 6 heteroatoms. The number of fused-ring (bicyclic) bond motifs is 2. The summed E-state index contributed by atoms with van der Waals surface area (Å²) in [6, 6.07) is 25.6. The van der Waals surface area contributed by atoms with Crippen LogP contribution in [0.25, 0.3) is 33.6 Å². The number of imidazole rings is 1. The van der Waals surface area contributed by atoms with Crippen molar-refractivity contribution < 1.29 is 9.47 Å². The molecule has 3 aromatic carbocycles. The molecule has 0 amide bonds. The summed E-state index contributed by atoms with van der Waals surface area (Å²) in [6.07, 6.45) is 1.88. The molecule has 0 unspecified atom stereocenters. The average molecular weight is 424 g/mol. The Labute approximate surface area is 181 Å². The molecule has 1 aliphatic rings. The van der Waals surface area contributed by atoms with Crippen LogP contribution in [0.3, 0.4) is 0 Å². The van der Waals surface area contributed by atoms with Crippen molar-refractivity contribution in [1.29, 1.82) is 0 Å². The van der Waals surface area contributed by atoms with Gasteiger partial charge in [-0.1, -0.05) is 78.1 Å². The number of aromatic nitrogens is 2. The van der Waals surface area contributed by atoms with E-state index in [0.29, 0.717) is 15.2 Å². The van der Waals surface area contributed by atoms with Gasteiger partial charge in [-0.2, -0.15) is 0 Å². The van der Waals surface area contributed by atoms with Crippen LogP contribution in [0.1, 0.15) is 5.56 Å². The molecule has 1 aliphatic heterocycles. The molecule has 0 fully saturated rings. The van der Waals surface area contributed by atoms with Gasteiger partial charge >= 0.3 is 0 Å². The van der Waals surface area contributed by atoms with E-state index in [1.54, 1.807) is 4.40 Å². The molecule has 31 heavy (non-hydrogen) atoms. The molecule has 3 heterocycles. The first-order chi connectivity index (χ1) is 15.3. The van der Waals surface area contributed by atoms with Crippen LogP contribution in [0.15, 0.2) is 83.7 Å². The number of nitrogens with zero attached hydrogens (tertiary/aromatic N) is 2. The highest BCUT2D eigenvalue weighted by Crippen LogP contribution is 2.34. The first-order valence-corrected chi connectivity index (χ1v) is 10.7. The van der Waals surface area contributed by atoms with Gasteiger partial charge in [0.15, 0.2) is 16.5 Å². The van der Waals surface area contributed by atoms with Crippen molar-refractivity contribution in [2.75, 3.05) is 6.79 Å². The largest absolute Gasteiger partial charge is 0.454 e. The summed E-state index contributed by atoms with van der Waals surface area (Å²) in [7, 11) is 0. The third-order valence-electron chi connectivity index (χ3n) is 5.25. The lowest BCUT2D eigenvalue weighted by Gasteiger charge is -2.04. The van der Waals surface area contributed by atoms with Crippen LogP contribution in [-0.2, 0) is 0 Å². The molecular formula is C25H16N2O3S. The molecule has 5 nitrogen and oxygen atoms in total. The number of ether oxygens (including phenoxy) is 2. The standard InChI is InChI=1S/C25H16N2O3S/c28-24-21(14-16-11-12-19-20(13-16)30-15-29-19)31-25-26-22(17-7-3-1-4-8-17)23(27(24)25)18-9-5-2-6-10-18/h1-14H,15H2. The molecule has 5 aromatic rings. The van der Waals surface area contributed by atoms with Crippen molar-refractivity contribution in [3.8, 4) is 34.0 Å². The van der Waals surface area contributed by atoms with E-state index < -0.39 is 0 Å². The molecular weight excluding hydrogens is 408 g/mol. The molecule has 0 saturated carbocycles. The fraction of sp³-hybridized carbons (Fsp3) is 0.0400. The lowest BCUT2D eigenvalue weighted by Crippen LogP contribution is -2.23. The third kappa shape index (κ3) is 3.00. The van der Waals surface area contributed by atoms with E-state index in [9.17, 15) is 4.79 Å². The van der Waals surface area contributed by atoms with Crippen molar-refractivity contribution in [1.82, 2.24) is 9.38 Å². The molecule has 0 N–H and O–H groups in total. The van der Waals surface area contributed by atoms with E-state index in [1.165, 1.54) is 11.3 Å². The predicted octanol–water partition coefficient (Wildman–Crippen LogP) is 4.37. The fourth-order valence-corrected chi connectivity index (χ4v) is 4.79. The number of rotatable bonds is 3. The second kappa shape index (κ2) is 7.11. The minimum absolute atomic E-state index is 0.0776. The van der Waals surface area contributed by atoms with E-state index in [0.717, 1.165) is 33.8 Å². The number of hydrogen-bond acceptors (Lipinski definition) is 5. The Morgan fingerprint density at radius 1 is 0.871 bits per heavy atom. The number of thiazole rings is 1. The summed E-state index contributed by atoms with van der Waals surface area (Å²) in [5.74, 6) is 1.42. The van der Waals surface area contributed by atoms with Gasteiger partial charge in [-0.05, 0) is 23.8 Å². The van der Waals surface area contributed by atoms with Crippen molar-refractivity contribution in [3.05, 3.63) is 99.3 Å². The van der Waals surface area contributed by atoms with E-state index >= 15 is 0 Å². The van der Waals surface area contributed by atoms with Crippen LogP contribution < -0.4 is 19.6 Å². The van der Waals surface area contributed by atoms with Crippen LogP contribution in [0, 0.1) is 0 Å². The Kier molecular flexibility index (Phi) is 4.11. The van der Waals surface area contributed by atoms with Crippen LogP contribution >= 0.6 is 11.3 Å². The molecule has 0 radical (unpaired) electrons. The molecule has 0 aliphatic carbocycles. The lowest BCUT2D eigenvalue weighted by atomic mass is 10.1. The van der Waals surface area contributed by atoms with Crippen molar-refractivity contribution in [2.45, 2.75) is 0 Å². The lowest BCUT2D eigenvalue weighted by molar-refractivity contribution is 0.174. The number of hydrogen-bond donors (Lipinski definition) is 0. The van der Waals surface area contributed by atoms with Crippen LogP contribution in [0.5, 0.6) is 11.5 Å². The maximum atomic E-state index is 13.5. The maximum absolute atomic E-state index is 13.5. The molecule has 2 aromatic heterocycles. The Balaban J connectivity index is 1.59. The topological polar surface area (TPSA) is 52.8 Å². The SMILES string of the molecule is O=c1c(=Cc2ccc3c(c2)OCO3)sc2nc(-c3ccccc3)c(-c3ccccc3)n12. The van der Waals surface area contributed by atoms with E-state index in [2.05, 4.69) is 0 Å². The average Bonchev–Trinajstić information content (AvgIpc) is 3.50. The highest BCUT2D eigenvalue weighted by Gasteiger charge is 2.20. The molecule has 150 valence electrons. The Hall–Kier alpha value is -3.90. The van der Waals surface area contributed by atoms with Gasteiger partial charge in [0, 0.05) is 11.1 Å². The monoisotopic (exact) mass is 424 g/mol. The zero-order valence-corrected chi connectivity index (χ0v) is 17.1. The maximum Gasteiger partial charge on any atom is 0.274 e. The van der Waals surface area contributed by atoms with Gasteiger partial charge in [-0.3, -0.25) is 4.79 Å². The Morgan fingerprint density at radius 2 is 1.58 bits per heavy atom. The summed E-state index contributed by atoms with van der Waals surface area (Å²) in [5.41, 5.74) is 4.37. The normalized spacial score (nSPS) is 13.2. The number of benzene rings is 3.